The van der Waals surface area contributed by atoms with Gasteiger partial charge < -0.3 is 9.84 Å². The van der Waals surface area contributed by atoms with Crippen molar-refractivity contribution >= 4 is 22.6 Å². The molecular formula is C15H14FIO2. The number of aryl methyl sites for hydroxylation is 1. The smallest absolute Gasteiger partial charge is 0.133 e. The lowest BCUT2D eigenvalue weighted by Crippen LogP contribution is -1.99. The summed E-state index contributed by atoms with van der Waals surface area (Å²) in [5.74, 6) is 0.807. The number of hydrogen-bond donors (Lipinski definition) is 1. The normalized spacial score (nSPS) is 12.3. The van der Waals surface area contributed by atoms with E-state index in [9.17, 15) is 9.50 Å². The van der Waals surface area contributed by atoms with E-state index in [4.69, 9.17) is 4.74 Å². The number of halogens is 2. The number of rotatable bonds is 3. The van der Waals surface area contributed by atoms with Gasteiger partial charge in [-0.3, -0.25) is 0 Å². The second kappa shape index (κ2) is 5.88. The molecule has 2 nitrogen and oxygen atoms in total. The Morgan fingerprint density at radius 2 is 2.00 bits per heavy atom. The summed E-state index contributed by atoms with van der Waals surface area (Å²) in [5.41, 5.74) is 0.937. The van der Waals surface area contributed by atoms with Gasteiger partial charge >= 0.3 is 0 Å². The summed E-state index contributed by atoms with van der Waals surface area (Å²) in [6.45, 7) is 3.26. The van der Waals surface area contributed by atoms with Crippen LogP contribution in [0.4, 0.5) is 4.39 Å². The summed E-state index contributed by atoms with van der Waals surface area (Å²) < 4.78 is 20.4. The molecular weight excluding hydrogens is 358 g/mol. The molecule has 2 aromatic rings. The number of ether oxygens (including phenoxy) is 1. The fourth-order valence-electron chi connectivity index (χ4n) is 1.74. The Labute approximate surface area is 125 Å². The summed E-state index contributed by atoms with van der Waals surface area (Å²) in [6.07, 6.45) is -0.784. The first-order valence-corrected chi connectivity index (χ1v) is 6.97. The highest BCUT2D eigenvalue weighted by Gasteiger charge is 2.13. The molecule has 0 aliphatic rings. The van der Waals surface area contributed by atoms with Crippen molar-refractivity contribution in [2.75, 3.05) is 0 Å². The molecule has 0 spiro atoms. The molecule has 19 heavy (non-hydrogen) atoms. The molecule has 2 rings (SSSR count). The number of aliphatic hydroxyl groups excluding tert-OH is 1. The van der Waals surface area contributed by atoms with Crippen molar-refractivity contribution in [2.45, 2.75) is 20.0 Å². The van der Waals surface area contributed by atoms with Gasteiger partial charge in [-0.25, -0.2) is 4.39 Å². The molecule has 0 unspecified atom stereocenters. The van der Waals surface area contributed by atoms with Crippen molar-refractivity contribution in [3.05, 3.63) is 56.9 Å². The van der Waals surface area contributed by atoms with Gasteiger partial charge in [0.15, 0.2) is 0 Å². The maximum absolute atomic E-state index is 13.6. The minimum absolute atomic E-state index is 0.342. The highest BCUT2D eigenvalue weighted by molar-refractivity contribution is 14.1. The average Bonchev–Trinajstić information content (AvgIpc) is 2.33. The lowest BCUT2D eigenvalue weighted by Gasteiger charge is -2.14. The van der Waals surface area contributed by atoms with Gasteiger partial charge in [0.25, 0.3) is 0 Å². The first-order valence-electron chi connectivity index (χ1n) is 5.89. The second-order valence-corrected chi connectivity index (χ2v) is 5.62. The van der Waals surface area contributed by atoms with Crippen molar-refractivity contribution in [2.24, 2.45) is 0 Å². The summed E-state index contributed by atoms with van der Waals surface area (Å²) in [7, 11) is 0. The molecule has 0 amide bonds. The lowest BCUT2D eigenvalue weighted by molar-refractivity contribution is 0.195. The summed E-state index contributed by atoms with van der Waals surface area (Å²) in [4.78, 5) is 0. The van der Waals surface area contributed by atoms with Gasteiger partial charge in [0.1, 0.15) is 17.3 Å². The van der Waals surface area contributed by atoms with Gasteiger partial charge in [-0.05, 0) is 72.3 Å². The van der Waals surface area contributed by atoms with Crippen molar-refractivity contribution in [1.82, 2.24) is 0 Å². The molecule has 1 N–H and O–H groups in total. The van der Waals surface area contributed by atoms with E-state index in [2.05, 4.69) is 22.6 Å². The Morgan fingerprint density at radius 3 is 2.63 bits per heavy atom. The van der Waals surface area contributed by atoms with E-state index in [0.29, 0.717) is 22.6 Å². The number of hydrogen-bond acceptors (Lipinski definition) is 2. The topological polar surface area (TPSA) is 29.5 Å². The van der Waals surface area contributed by atoms with E-state index >= 15 is 0 Å². The molecule has 0 radical (unpaired) electrons. The Balaban J connectivity index is 2.41. The third-order valence-electron chi connectivity index (χ3n) is 2.77. The second-order valence-electron chi connectivity index (χ2n) is 4.37. The van der Waals surface area contributed by atoms with Crippen LogP contribution < -0.4 is 4.74 Å². The van der Waals surface area contributed by atoms with Crippen LogP contribution in [0, 0.1) is 16.3 Å². The van der Waals surface area contributed by atoms with Crippen molar-refractivity contribution < 1.29 is 14.2 Å². The van der Waals surface area contributed by atoms with Gasteiger partial charge in [-0.1, -0.05) is 6.07 Å². The summed E-state index contributed by atoms with van der Waals surface area (Å²) >= 11 is 2.19. The highest BCUT2D eigenvalue weighted by Crippen LogP contribution is 2.32. The van der Waals surface area contributed by atoms with Crippen LogP contribution in [0.1, 0.15) is 24.2 Å². The Morgan fingerprint density at radius 1 is 1.26 bits per heavy atom. The minimum Gasteiger partial charge on any atom is -0.457 e. The van der Waals surface area contributed by atoms with Crippen LogP contribution in [-0.2, 0) is 0 Å². The predicted octanol–water partition coefficient (Wildman–Crippen LogP) is 4.58. The van der Waals surface area contributed by atoms with Crippen LogP contribution in [0.5, 0.6) is 11.5 Å². The number of benzene rings is 2. The van der Waals surface area contributed by atoms with Crippen LogP contribution in [0.15, 0.2) is 36.4 Å². The molecule has 2 aromatic carbocycles. The van der Waals surface area contributed by atoms with Crippen molar-refractivity contribution in [3.8, 4) is 11.5 Å². The van der Waals surface area contributed by atoms with Crippen LogP contribution in [0.3, 0.4) is 0 Å². The first-order chi connectivity index (χ1) is 8.97. The Kier molecular flexibility index (Phi) is 4.42. The van der Waals surface area contributed by atoms with Crippen molar-refractivity contribution in [1.29, 1.82) is 0 Å². The van der Waals surface area contributed by atoms with Crippen LogP contribution in [0.2, 0.25) is 0 Å². The lowest BCUT2D eigenvalue weighted by atomic mass is 10.1. The molecule has 0 aromatic heterocycles. The molecule has 4 heteroatoms. The summed E-state index contributed by atoms with van der Waals surface area (Å²) in [6, 6.07) is 10.5. The van der Waals surface area contributed by atoms with Crippen LogP contribution in [-0.4, -0.2) is 5.11 Å². The van der Waals surface area contributed by atoms with E-state index < -0.39 is 6.10 Å². The van der Waals surface area contributed by atoms with Gasteiger partial charge in [0.2, 0.25) is 0 Å². The maximum atomic E-state index is 13.6. The van der Waals surface area contributed by atoms with E-state index in [1.165, 1.54) is 6.07 Å². The maximum Gasteiger partial charge on any atom is 0.133 e. The van der Waals surface area contributed by atoms with E-state index in [1.54, 1.807) is 19.9 Å². The third-order valence-corrected chi connectivity index (χ3v) is 3.44. The Hall–Kier alpha value is -1.14. The van der Waals surface area contributed by atoms with E-state index in [0.717, 1.165) is 3.57 Å². The fraction of sp³-hybridized carbons (Fsp3) is 0.200. The summed E-state index contributed by atoms with van der Waals surface area (Å²) in [5, 5.41) is 9.70. The largest absolute Gasteiger partial charge is 0.457 e. The molecule has 0 heterocycles. The first kappa shape index (κ1) is 14.3. The fourth-order valence-corrected chi connectivity index (χ4v) is 2.26. The van der Waals surface area contributed by atoms with Crippen LogP contribution >= 0.6 is 22.6 Å². The van der Waals surface area contributed by atoms with Gasteiger partial charge in [0.05, 0.1) is 6.10 Å². The zero-order chi connectivity index (χ0) is 14.0. The molecule has 0 aliphatic carbocycles. The SMILES string of the molecule is Cc1cc(Oc2cccc(I)c2)c([C@H](C)O)cc1F. The van der Waals surface area contributed by atoms with Crippen molar-refractivity contribution in [3.63, 3.8) is 0 Å². The molecule has 0 fully saturated rings. The van der Waals surface area contributed by atoms with E-state index in [-0.39, 0.29) is 5.82 Å². The quantitative estimate of drug-likeness (QED) is 0.799. The van der Waals surface area contributed by atoms with E-state index in [1.807, 2.05) is 24.3 Å². The monoisotopic (exact) mass is 372 g/mol. The van der Waals surface area contributed by atoms with Gasteiger partial charge in [-0.2, -0.15) is 0 Å². The van der Waals surface area contributed by atoms with Gasteiger partial charge in [-0.15, -0.1) is 0 Å². The zero-order valence-electron chi connectivity index (χ0n) is 10.7. The molecule has 0 saturated heterocycles. The Bertz CT molecular complexity index is 597. The number of aliphatic hydroxyl groups is 1. The van der Waals surface area contributed by atoms with Gasteiger partial charge in [0, 0.05) is 9.13 Å². The predicted molar refractivity (Wildman–Crippen MR) is 81.0 cm³/mol. The molecule has 0 saturated carbocycles. The average molecular weight is 372 g/mol. The molecule has 0 bridgehead atoms. The minimum atomic E-state index is -0.784. The molecule has 100 valence electrons. The standard InChI is InChI=1S/C15H14FIO2/c1-9-6-15(13(10(2)18)8-14(9)16)19-12-5-3-4-11(17)7-12/h3-8,10,18H,1-2H3/t10-/m0/s1. The molecule has 1 atom stereocenters. The zero-order valence-corrected chi connectivity index (χ0v) is 12.8. The molecule has 0 aliphatic heterocycles. The third kappa shape index (κ3) is 3.45. The highest BCUT2D eigenvalue weighted by atomic mass is 127. The van der Waals surface area contributed by atoms with Crippen LogP contribution in [0.25, 0.3) is 0 Å².